The van der Waals surface area contributed by atoms with Crippen LogP contribution in [-0.2, 0) is 16.4 Å². The summed E-state index contributed by atoms with van der Waals surface area (Å²) in [5.41, 5.74) is 0.915. The van der Waals surface area contributed by atoms with Crippen LogP contribution in [0, 0.1) is 5.82 Å². The second-order valence-corrected chi connectivity index (χ2v) is 9.46. The number of hydrogen-bond acceptors (Lipinski definition) is 6. The Hall–Kier alpha value is -2.29. The summed E-state index contributed by atoms with van der Waals surface area (Å²) in [6.07, 6.45) is 0.246. The van der Waals surface area contributed by atoms with Crippen molar-refractivity contribution in [2.45, 2.75) is 25.1 Å². The van der Waals surface area contributed by atoms with Gasteiger partial charge in [0.05, 0.1) is 11.5 Å². The Morgan fingerprint density at radius 1 is 1.24 bits per heavy atom. The smallest absolute Gasteiger partial charge is 0.151 e. The molecule has 6 nitrogen and oxygen atoms in total. The van der Waals surface area contributed by atoms with Crippen molar-refractivity contribution in [3.63, 3.8) is 0 Å². The van der Waals surface area contributed by atoms with Crippen molar-refractivity contribution in [2.75, 3.05) is 24.7 Å². The Morgan fingerprint density at radius 2 is 2.03 bits per heavy atom. The van der Waals surface area contributed by atoms with Crippen LogP contribution in [0.3, 0.4) is 0 Å². The second-order valence-electron chi connectivity index (χ2n) is 7.23. The van der Waals surface area contributed by atoms with Gasteiger partial charge in [-0.25, -0.2) is 12.8 Å². The normalized spacial score (nSPS) is 19.2. The molecule has 0 spiro atoms. The average molecular weight is 421 g/mol. The molecule has 1 fully saturated rings. The number of carbonyl (C=O) groups excluding carboxylic acids is 1. The maximum absolute atomic E-state index is 14.1. The molecule has 2 atom stereocenters. The zero-order chi connectivity index (χ0) is 20.9. The van der Waals surface area contributed by atoms with E-state index in [2.05, 4.69) is 0 Å². The Balaban J connectivity index is 1.66. The number of sulfone groups is 1. The maximum Gasteiger partial charge on any atom is 0.151 e. The lowest BCUT2D eigenvalue weighted by atomic mass is 10.1. The predicted octanol–water partition coefficient (Wildman–Crippen LogP) is 2.07. The SMILES string of the molecule is O=Cc1cccc(OCC(O)CN(Cc2ccccc2F)C2CCS(=O)(=O)C2)c1. The maximum atomic E-state index is 14.1. The highest BCUT2D eigenvalue weighted by atomic mass is 32.2. The molecule has 0 saturated carbocycles. The van der Waals surface area contributed by atoms with Crippen molar-refractivity contribution in [3.8, 4) is 5.75 Å². The first-order chi connectivity index (χ1) is 13.9. The topological polar surface area (TPSA) is 83.9 Å². The van der Waals surface area contributed by atoms with Gasteiger partial charge in [0.25, 0.3) is 0 Å². The lowest BCUT2D eigenvalue weighted by Gasteiger charge is -2.30. The Kier molecular flexibility index (Phi) is 7.00. The van der Waals surface area contributed by atoms with Gasteiger partial charge in [0, 0.05) is 30.3 Å². The highest BCUT2D eigenvalue weighted by molar-refractivity contribution is 7.91. The van der Waals surface area contributed by atoms with E-state index in [9.17, 15) is 22.7 Å². The summed E-state index contributed by atoms with van der Waals surface area (Å²) in [4.78, 5) is 12.7. The Morgan fingerprint density at radius 3 is 2.72 bits per heavy atom. The minimum atomic E-state index is -3.12. The highest BCUT2D eigenvalue weighted by Crippen LogP contribution is 2.22. The predicted molar refractivity (Wildman–Crippen MR) is 107 cm³/mol. The molecule has 1 saturated heterocycles. The van der Waals surface area contributed by atoms with Crippen LogP contribution in [0.25, 0.3) is 0 Å². The molecule has 0 aliphatic carbocycles. The number of halogens is 1. The van der Waals surface area contributed by atoms with Crippen LogP contribution in [0.2, 0.25) is 0 Å². The van der Waals surface area contributed by atoms with Gasteiger partial charge in [0.1, 0.15) is 30.6 Å². The molecule has 1 heterocycles. The molecule has 2 aromatic carbocycles. The van der Waals surface area contributed by atoms with Crippen LogP contribution < -0.4 is 4.74 Å². The third-order valence-corrected chi connectivity index (χ3v) is 6.69. The van der Waals surface area contributed by atoms with E-state index >= 15 is 0 Å². The average Bonchev–Trinajstić information content (AvgIpc) is 3.07. The van der Waals surface area contributed by atoms with Gasteiger partial charge in [-0.3, -0.25) is 9.69 Å². The standard InChI is InChI=1S/C21H24FNO5S/c22-21-7-2-1-5-17(21)11-23(18-8-9-29(26,27)15-18)12-19(25)14-28-20-6-3-4-16(10-20)13-24/h1-7,10,13,18-19,25H,8-9,11-12,14-15H2. The summed E-state index contributed by atoms with van der Waals surface area (Å²) < 4.78 is 43.5. The van der Waals surface area contributed by atoms with Crippen molar-refractivity contribution in [2.24, 2.45) is 0 Å². The summed E-state index contributed by atoms with van der Waals surface area (Å²) in [5.74, 6) is 0.181. The zero-order valence-corrected chi connectivity index (χ0v) is 16.7. The molecule has 0 amide bonds. The molecule has 1 N–H and O–H groups in total. The lowest BCUT2D eigenvalue weighted by Crippen LogP contribution is -2.42. The van der Waals surface area contributed by atoms with Gasteiger partial charge in [-0.05, 0) is 24.6 Å². The van der Waals surface area contributed by atoms with Crippen LogP contribution in [0.5, 0.6) is 5.75 Å². The molecular formula is C21H24FNO5S. The fourth-order valence-corrected chi connectivity index (χ4v) is 5.21. The fraction of sp³-hybridized carbons (Fsp3) is 0.381. The first-order valence-electron chi connectivity index (χ1n) is 9.40. The van der Waals surface area contributed by atoms with Gasteiger partial charge in [0.15, 0.2) is 9.84 Å². The van der Waals surface area contributed by atoms with E-state index in [1.807, 2.05) is 0 Å². The van der Waals surface area contributed by atoms with E-state index in [-0.39, 0.29) is 43.1 Å². The van der Waals surface area contributed by atoms with Crippen LogP contribution in [-0.4, -0.2) is 61.5 Å². The molecule has 0 radical (unpaired) electrons. The van der Waals surface area contributed by atoms with Gasteiger partial charge < -0.3 is 9.84 Å². The van der Waals surface area contributed by atoms with Crippen molar-refractivity contribution < 1.29 is 27.4 Å². The minimum Gasteiger partial charge on any atom is -0.491 e. The molecule has 0 bridgehead atoms. The Labute approximate surface area is 169 Å². The summed E-state index contributed by atoms with van der Waals surface area (Å²) in [6, 6.07) is 12.6. The molecule has 1 aliphatic heterocycles. The number of aliphatic hydroxyl groups excluding tert-OH is 1. The first kappa shape index (κ1) is 21.4. The quantitative estimate of drug-likeness (QED) is 0.624. The molecule has 2 aromatic rings. The van der Waals surface area contributed by atoms with Gasteiger partial charge >= 0.3 is 0 Å². The zero-order valence-electron chi connectivity index (χ0n) is 15.9. The third kappa shape index (κ3) is 6.09. The van der Waals surface area contributed by atoms with Crippen molar-refractivity contribution in [1.82, 2.24) is 4.90 Å². The number of hydrogen-bond donors (Lipinski definition) is 1. The second kappa shape index (κ2) is 9.47. The highest BCUT2D eigenvalue weighted by Gasteiger charge is 2.33. The molecule has 1 aliphatic rings. The number of benzene rings is 2. The third-order valence-electron chi connectivity index (χ3n) is 4.94. The molecular weight excluding hydrogens is 397 g/mol. The summed E-state index contributed by atoms with van der Waals surface area (Å²) in [6.45, 7) is 0.308. The molecule has 29 heavy (non-hydrogen) atoms. The van der Waals surface area contributed by atoms with Gasteiger partial charge in [-0.1, -0.05) is 30.3 Å². The minimum absolute atomic E-state index is 0.00356. The molecule has 156 valence electrons. The van der Waals surface area contributed by atoms with E-state index in [0.717, 1.165) is 0 Å². The van der Waals surface area contributed by atoms with Crippen LogP contribution >= 0.6 is 0 Å². The monoisotopic (exact) mass is 421 g/mol. The largest absolute Gasteiger partial charge is 0.491 e. The number of rotatable bonds is 9. The van der Waals surface area contributed by atoms with E-state index in [1.165, 1.54) is 6.07 Å². The van der Waals surface area contributed by atoms with Crippen molar-refractivity contribution in [3.05, 3.63) is 65.5 Å². The van der Waals surface area contributed by atoms with E-state index in [1.54, 1.807) is 47.4 Å². The van der Waals surface area contributed by atoms with Crippen molar-refractivity contribution >= 4 is 16.1 Å². The summed E-state index contributed by atoms with van der Waals surface area (Å²) in [5, 5.41) is 10.5. The summed E-state index contributed by atoms with van der Waals surface area (Å²) >= 11 is 0. The molecule has 2 unspecified atom stereocenters. The van der Waals surface area contributed by atoms with Crippen molar-refractivity contribution in [1.29, 1.82) is 0 Å². The summed E-state index contributed by atoms with van der Waals surface area (Å²) in [7, 11) is -3.12. The fourth-order valence-electron chi connectivity index (χ4n) is 3.44. The first-order valence-corrected chi connectivity index (χ1v) is 11.2. The van der Waals surface area contributed by atoms with Crippen LogP contribution in [0.1, 0.15) is 22.3 Å². The number of ether oxygens (including phenoxy) is 1. The van der Waals surface area contributed by atoms with E-state index < -0.39 is 15.9 Å². The van der Waals surface area contributed by atoms with E-state index in [4.69, 9.17) is 4.74 Å². The number of aliphatic hydroxyl groups is 1. The number of nitrogens with zero attached hydrogens (tertiary/aromatic N) is 1. The van der Waals surface area contributed by atoms with E-state index in [0.29, 0.717) is 29.6 Å². The van der Waals surface area contributed by atoms with Gasteiger partial charge in [0.2, 0.25) is 0 Å². The molecule has 3 rings (SSSR count). The van der Waals surface area contributed by atoms with Gasteiger partial charge in [-0.2, -0.15) is 0 Å². The van der Waals surface area contributed by atoms with Crippen LogP contribution in [0.15, 0.2) is 48.5 Å². The Bertz CT molecular complexity index is 950. The lowest BCUT2D eigenvalue weighted by molar-refractivity contribution is 0.0520. The van der Waals surface area contributed by atoms with Gasteiger partial charge in [-0.15, -0.1) is 0 Å². The van der Waals surface area contributed by atoms with Crippen LogP contribution in [0.4, 0.5) is 4.39 Å². The molecule has 0 aromatic heterocycles. The number of carbonyl (C=O) groups is 1. The molecule has 8 heteroatoms. The number of aldehydes is 1.